The van der Waals surface area contributed by atoms with Crippen molar-refractivity contribution in [1.29, 1.82) is 0 Å². The van der Waals surface area contributed by atoms with E-state index in [1.165, 1.54) is 5.69 Å². The lowest BCUT2D eigenvalue weighted by molar-refractivity contribution is -0.134. The molecule has 238 valence electrons. The van der Waals surface area contributed by atoms with Gasteiger partial charge in [0, 0.05) is 62.4 Å². The van der Waals surface area contributed by atoms with Crippen LogP contribution in [0.1, 0.15) is 42.7 Å². The first kappa shape index (κ1) is 32.1. The lowest BCUT2D eigenvalue weighted by Gasteiger charge is -2.30. The Labute approximate surface area is 267 Å². The van der Waals surface area contributed by atoms with Gasteiger partial charge >= 0.3 is 0 Å². The van der Waals surface area contributed by atoms with Crippen LogP contribution in [0.4, 0.5) is 5.69 Å². The first-order valence-electron chi connectivity index (χ1n) is 15.9. The van der Waals surface area contributed by atoms with Crippen LogP contribution >= 0.6 is 0 Å². The molecule has 0 radical (unpaired) electrons. The molecule has 2 amide bonds. The van der Waals surface area contributed by atoms with Gasteiger partial charge in [0.05, 0.1) is 19.2 Å². The van der Waals surface area contributed by atoms with E-state index < -0.39 is 0 Å². The summed E-state index contributed by atoms with van der Waals surface area (Å²) in [5.74, 6) is 1.40. The van der Waals surface area contributed by atoms with E-state index in [2.05, 4.69) is 36.3 Å². The molecule has 8 heteroatoms. The maximum absolute atomic E-state index is 14.0. The fourth-order valence-corrected chi connectivity index (χ4v) is 6.21. The fourth-order valence-electron chi connectivity index (χ4n) is 6.21. The summed E-state index contributed by atoms with van der Waals surface area (Å²) in [5.41, 5.74) is 6.12. The zero-order chi connectivity index (χ0) is 32.1. The number of aryl methyl sites for hydroxylation is 3. The van der Waals surface area contributed by atoms with Crippen molar-refractivity contribution in [1.82, 2.24) is 14.4 Å². The molecule has 0 aliphatic carbocycles. The molecule has 0 saturated carbocycles. The number of carbonyl (C=O) groups excluding carboxylic acids is 2. The van der Waals surface area contributed by atoms with Gasteiger partial charge in [0.2, 0.25) is 5.91 Å². The molecule has 0 saturated heterocycles. The number of methoxy groups -OCH3 is 1. The van der Waals surface area contributed by atoms with Crippen molar-refractivity contribution in [2.45, 2.75) is 53.1 Å². The van der Waals surface area contributed by atoms with E-state index >= 15 is 0 Å². The highest BCUT2D eigenvalue weighted by Crippen LogP contribution is 2.29. The average Bonchev–Trinajstić information content (AvgIpc) is 3.29. The molecule has 0 N–H and O–H groups in total. The van der Waals surface area contributed by atoms with Gasteiger partial charge in [0.25, 0.3) is 5.91 Å². The summed E-state index contributed by atoms with van der Waals surface area (Å²) in [6, 6.07) is 22.2. The van der Waals surface area contributed by atoms with Gasteiger partial charge < -0.3 is 23.8 Å². The number of benzene rings is 3. The number of hydrogen-bond donors (Lipinski definition) is 0. The van der Waals surface area contributed by atoms with Crippen molar-refractivity contribution in [3.8, 4) is 11.5 Å². The van der Waals surface area contributed by atoms with Gasteiger partial charge in [-0.25, -0.2) is 0 Å². The van der Waals surface area contributed by atoms with Gasteiger partial charge in [-0.1, -0.05) is 30.3 Å². The van der Waals surface area contributed by atoms with Crippen molar-refractivity contribution < 1.29 is 19.1 Å². The minimum absolute atomic E-state index is 0.0406. The van der Waals surface area contributed by atoms with E-state index in [9.17, 15) is 9.59 Å². The third kappa shape index (κ3) is 7.51. The van der Waals surface area contributed by atoms with Crippen molar-refractivity contribution in [3.63, 3.8) is 0 Å². The third-order valence-electron chi connectivity index (χ3n) is 8.95. The van der Waals surface area contributed by atoms with Gasteiger partial charge in [-0.05, 0) is 87.2 Å². The molecule has 0 fully saturated rings. The summed E-state index contributed by atoms with van der Waals surface area (Å²) in [4.78, 5) is 34.0. The quantitative estimate of drug-likeness (QED) is 0.261. The highest BCUT2D eigenvalue weighted by atomic mass is 16.5. The first-order valence-corrected chi connectivity index (χ1v) is 15.9. The van der Waals surface area contributed by atoms with E-state index in [0.29, 0.717) is 31.4 Å². The highest BCUT2D eigenvalue weighted by molar-refractivity contribution is 5.96. The molecule has 3 aromatic carbocycles. The molecule has 0 atom stereocenters. The van der Waals surface area contributed by atoms with E-state index in [4.69, 9.17) is 9.47 Å². The van der Waals surface area contributed by atoms with Gasteiger partial charge in [0.15, 0.2) is 6.61 Å². The van der Waals surface area contributed by atoms with Crippen LogP contribution in [0.2, 0.25) is 0 Å². The maximum atomic E-state index is 14.0. The van der Waals surface area contributed by atoms with Crippen LogP contribution in [-0.2, 0) is 29.6 Å². The molecular formula is C37H46N4O4. The van der Waals surface area contributed by atoms with Crippen molar-refractivity contribution >= 4 is 28.4 Å². The van der Waals surface area contributed by atoms with E-state index in [0.717, 1.165) is 58.5 Å². The van der Waals surface area contributed by atoms with Crippen molar-refractivity contribution in [3.05, 3.63) is 89.1 Å². The molecule has 8 nitrogen and oxygen atoms in total. The second kappa shape index (κ2) is 14.2. The van der Waals surface area contributed by atoms with Gasteiger partial charge in [0.1, 0.15) is 11.5 Å². The van der Waals surface area contributed by atoms with Crippen LogP contribution < -0.4 is 14.4 Å². The number of aromatic nitrogens is 1. The lowest BCUT2D eigenvalue weighted by atomic mass is 10.0. The zero-order valence-electron chi connectivity index (χ0n) is 27.5. The van der Waals surface area contributed by atoms with Crippen molar-refractivity contribution in [2.24, 2.45) is 7.05 Å². The summed E-state index contributed by atoms with van der Waals surface area (Å²) in [6.07, 6.45) is 1.12. The number of nitrogens with zero attached hydrogens (tertiary/aromatic N) is 4. The molecule has 0 unspecified atom stereocenters. The SMILES string of the molecule is COc1ccc(CC(=O)N2CCCN(C(C)C)CCN(C(=O)COc3ccc4c(c3)cc(C)n4C)Cc3cccc(C)c32)cc1. The number of rotatable bonds is 7. The van der Waals surface area contributed by atoms with E-state index in [1.54, 1.807) is 7.11 Å². The predicted octanol–water partition coefficient (Wildman–Crippen LogP) is 5.90. The zero-order valence-corrected chi connectivity index (χ0v) is 27.5. The molecule has 0 spiro atoms. The highest BCUT2D eigenvalue weighted by Gasteiger charge is 2.26. The van der Waals surface area contributed by atoms with Crippen LogP contribution in [-0.4, -0.2) is 72.1 Å². The van der Waals surface area contributed by atoms with Crippen LogP contribution in [0.3, 0.4) is 0 Å². The Hall–Kier alpha value is -4.30. The normalized spacial score (nSPS) is 14.7. The summed E-state index contributed by atoms with van der Waals surface area (Å²) in [7, 11) is 3.68. The number of ether oxygens (including phenoxy) is 2. The van der Waals surface area contributed by atoms with Crippen molar-refractivity contribution in [2.75, 3.05) is 44.8 Å². The molecule has 45 heavy (non-hydrogen) atoms. The Bertz CT molecular complexity index is 1640. The second-order valence-electron chi connectivity index (χ2n) is 12.3. The molecule has 1 aliphatic rings. The molecule has 0 bridgehead atoms. The first-order chi connectivity index (χ1) is 21.6. The lowest BCUT2D eigenvalue weighted by Crippen LogP contribution is -2.42. The van der Waals surface area contributed by atoms with Gasteiger partial charge in [-0.2, -0.15) is 0 Å². The number of fused-ring (bicyclic) bond motifs is 2. The number of hydrogen-bond acceptors (Lipinski definition) is 5. The molecular weight excluding hydrogens is 564 g/mol. The minimum Gasteiger partial charge on any atom is -0.497 e. The summed E-state index contributed by atoms with van der Waals surface area (Å²) >= 11 is 0. The van der Waals surface area contributed by atoms with Crippen LogP contribution in [0.15, 0.2) is 66.7 Å². The molecule has 1 aliphatic heterocycles. The summed E-state index contributed by atoms with van der Waals surface area (Å²) < 4.78 is 13.5. The number of carbonyl (C=O) groups is 2. The summed E-state index contributed by atoms with van der Waals surface area (Å²) in [5, 5.41) is 1.09. The molecule has 5 rings (SSSR count). The van der Waals surface area contributed by atoms with E-state index in [-0.39, 0.29) is 24.8 Å². The number of para-hydroxylation sites is 1. The van der Waals surface area contributed by atoms with E-state index in [1.807, 2.05) is 84.4 Å². The van der Waals surface area contributed by atoms with Gasteiger partial charge in [-0.3, -0.25) is 14.5 Å². The second-order valence-corrected chi connectivity index (χ2v) is 12.3. The van der Waals surface area contributed by atoms with Crippen LogP contribution in [0.25, 0.3) is 10.9 Å². The smallest absolute Gasteiger partial charge is 0.260 e. The maximum Gasteiger partial charge on any atom is 0.260 e. The van der Waals surface area contributed by atoms with Crippen LogP contribution in [0.5, 0.6) is 11.5 Å². The Morgan fingerprint density at radius 1 is 0.867 bits per heavy atom. The molecule has 4 aromatic rings. The summed E-state index contributed by atoms with van der Waals surface area (Å²) in [6.45, 7) is 11.6. The molecule has 1 aromatic heterocycles. The van der Waals surface area contributed by atoms with Gasteiger partial charge in [-0.15, -0.1) is 0 Å². The fraction of sp³-hybridized carbons (Fsp3) is 0.405. The average molecular weight is 611 g/mol. The Balaban J connectivity index is 1.40. The predicted molar refractivity (Wildman–Crippen MR) is 180 cm³/mol. The Kier molecular flexibility index (Phi) is 10.1. The monoisotopic (exact) mass is 610 g/mol. The minimum atomic E-state index is -0.0779. The number of anilines is 1. The topological polar surface area (TPSA) is 67.2 Å². The van der Waals surface area contributed by atoms with Crippen LogP contribution in [0, 0.1) is 13.8 Å². The number of amides is 2. The standard InChI is InChI=1S/C37H46N4O4/c1-26(2)39-17-8-18-41(35(42)22-29-11-13-32(44-6)14-12-29)37-27(3)9-7-10-30(37)24-40(20-19-39)36(43)25-45-33-15-16-34-31(23-33)21-28(4)38(34)5/h7,9-16,21,23,26H,8,17-20,22,24-25H2,1-6H3. The Morgan fingerprint density at radius 2 is 1.62 bits per heavy atom. The third-order valence-corrected chi connectivity index (χ3v) is 8.95. The largest absolute Gasteiger partial charge is 0.497 e. The Morgan fingerprint density at radius 3 is 2.36 bits per heavy atom. The molecule has 2 heterocycles.